The lowest BCUT2D eigenvalue weighted by atomic mass is 9.85. The molecule has 1 aliphatic heterocycles. The topological polar surface area (TPSA) is 29.5 Å². The van der Waals surface area contributed by atoms with E-state index in [1.807, 2.05) is 0 Å². The highest BCUT2D eigenvalue weighted by Gasteiger charge is 2.33. The Hall–Kier alpha value is -0.340. The maximum Gasteiger partial charge on any atom is 0.109 e. The molecule has 0 spiro atoms. The minimum atomic E-state index is -0.622. The van der Waals surface area contributed by atoms with Crippen molar-refractivity contribution in [2.24, 2.45) is 0 Å². The Bertz CT molecular complexity index is 214. The van der Waals surface area contributed by atoms with Gasteiger partial charge < -0.3 is 9.84 Å². The van der Waals surface area contributed by atoms with Gasteiger partial charge in [-0.1, -0.05) is 12.5 Å². The van der Waals surface area contributed by atoms with Crippen LogP contribution in [0, 0.1) is 0 Å². The molecule has 1 saturated heterocycles. The van der Waals surface area contributed by atoms with Crippen molar-refractivity contribution in [3.63, 3.8) is 0 Å². The van der Waals surface area contributed by atoms with E-state index in [0.717, 1.165) is 32.3 Å². The fourth-order valence-corrected chi connectivity index (χ4v) is 2.47. The van der Waals surface area contributed by atoms with E-state index in [-0.39, 0.29) is 0 Å². The Morgan fingerprint density at radius 3 is 2.93 bits per heavy atom. The summed E-state index contributed by atoms with van der Waals surface area (Å²) >= 11 is 0. The molecule has 80 valence electrons. The number of hydrogen-bond acceptors (Lipinski definition) is 2. The Labute approximate surface area is 86.0 Å². The SMILES string of the molecule is OC1(C2=CCCCCC2)CCCOC1. The van der Waals surface area contributed by atoms with Gasteiger partial charge in [0.25, 0.3) is 0 Å². The van der Waals surface area contributed by atoms with E-state index in [9.17, 15) is 5.11 Å². The minimum absolute atomic E-state index is 0.513. The van der Waals surface area contributed by atoms with E-state index in [4.69, 9.17) is 4.74 Å². The van der Waals surface area contributed by atoms with Crippen molar-refractivity contribution in [3.05, 3.63) is 11.6 Å². The van der Waals surface area contributed by atoms with Crippen LogP contribution >= 0.6 is 0 Å². The number of ether oxygens (including phenoxy) is 1. The summed E-state index contributed by atoms with van der Waals surface area (Å²) in [6.45, 7) is 1.33. The van der Waals surface area contributed by atoms with Crippen LogP contribution in [0.2, 0.25) is 0 Å². The zero-order valence-corrected chi connectivity index (χ0v) is 8.80. The third-order valence-corrected chi connectivity index (χ3v) is 3.36. The first kappa shape index (κ1) is 10.2. The predicted octanol–water partition coefficient (Wildman–Crippen LogP) is 2.42. The summed E-state index contributed by atoms with van der Waals surface area (Å²) in [5.74, 6) is 0. The molecule has 1 unspecified atom stereocenters. The lowest BCUT2D eigenvalue weighted by Gasteiger charge is -2.34. The van der Waals surface area contributed by atoms with Gasteiger partial charge >= 0.3 is 0 Å². The normalized spacial score (nSPS) is 34.8. The molecule has 1 heterocycles. The lowest BCUT2D eigenvalue weighted by Crippen LogP contribution is -2.40. The van der Waals surface area contributed by atoms with Crippen molar-refractivity contribution < 1.29 is 9.84 Å². The van der Waals surface area contributed by atoms with E-state index in [1.165, 1.54) is 24.8 Å². The summed E-state index contributed by atoms with van der Waals surface area (Å²) in [4.78, 5) is 0. The Kier molecular flexibility index (Phi) is 3.24. The highest BCUT2D eigenvalue weighted by Crippen LogP contribution is 2.32. The second-order valence-electron chi connectivity index (χ2n) is 4.52. The molecule has 2 rings (SSSR count). The first-order valence-electron chi connectivity index (χ1n) is 5.81. The van der Waals surface area contributed by atoms with Crippen molar-refractivity contribution in [1.82, 2.24) is 0 Å². The van der Waals surface area contributed by atoms with Gasteiger partial charge in [-0.3, -0.25) is 0 Å². The van der Waals surface area contributed by atoms with Gasteiger partial charge in [-0.25, -0.2) is 0 Å². The maximum absolute atomic E-state index is 10.4. The van der Waals surface area contributed by atoms with E-state index < -0.39 is 5.60 Å². The number of rotatable bonds is 1. The zero-order chi connectivity index (χ0) is 9.86. The molecule has 1 fully saturated rings. The fourth-order valence-electron chi connectivity index (χ4n) is 2.47. The molecule has 0 bridgehead atoms. The van der Waals surface area contributed by atoms with Gasteiger partial charge in [-0.2, -0.15) is 0 Å². The van der Waals surface area contributed by atoms with Crippen LogP contribution in [0.1, 0.15) is 44.9 Å². The summed E-state index contributed by atoms with van der Waals surface area (Å²) in [5.41, 5.74) is 0.623. The van der Waals surface area contributed by atoms with E-state index in [0.29, 0.717) is 6.61 Å². The number of hydrogen-bond donors (Lipinski definition) is 1. The van der Waals surface area contributed by atoms with Crippen LogP contribution in [-0.4, -0.2) is 23.9 Å². The van der Waals surface area contributed by atoms with Crippen LogP contribution in [0.5, 0.6) is 0 Å². The molecule has 0 aromatic rings. The van der Waals surface area contributed by atoms with Crippen molar-refractivity contribution >= 4 is 0 Å². The molecule has 2 aliphatic rings. The third kappa shape index (κ3) is 2.18. The van der Waals surface area contributed by atoms with Crippen molar-refractivity contribution in [2.75, 3.05) is 13.2 Å². The average molecular weight is 196 g/mol. The van der Waals surface area contributed by atoms with Gasteiger partial charge in [0.2, 0.25) is 0 Å². The molecule has 1 aliphatic carbocycles. The molecule has 2 heteroatoms. The molecule has 0 aromatic heterocycles. The molecule has 1 N–H and O–H groups in total. The second-order valence-corrected chi connectivity index (χ2v) is 4.52. The van der Waals surface area contributed by atoms with Gasteiger partial charge in [0.15, 0.2) is 0 Å². The van der Waals surface area contributed by atoms with Crippen LogP contribution < -0.4 is 0 Å². The largest absolute Gasteiger partial charge is 0.383 e. The first-order chi connectivity index (χ1) is 6.81. The number of aliphatic hydroxyl groups is 1. The highest BCUT2D eigenvalue weighted by atomic mass is 16.5. The summed E-state index contributed by atoms with van der Waals surface area (Å²) < 4.78 is 5.39. The number of allylic oxidation sites excluding steroid dienone is 1. The smallest absolute Gasteiger partial charge is 0.109 e. The summed E-state index contributed by atoms with van der Waals surface area (Å²) in [5, 5.41) is 10.4. The molecule has 2 nitrogen and oxygen atoms in total. The summed E-state index contributed by atoms with van der Waals surface area (Å²) in [6, 6.07) is 0. The molecular weight excluding hydrogens is 176 g/mol. The zero-order valence-electron chi connectivity index (χ0n) is 8.80. The molecule has 0 aromatic carbocycles. The molecule has 1 atom stereocenters. The molecule has 0 radical (unpaired) electrons. The minimum Gasteiger partial charge on any atom is -0.383 e. The van der Waals surface area contributed by atoms with Gasteiger partial charge in [0, 0.05) is 6.61 Å². The van der Waals surface area contributed by atoms with E-state index >= 15 is 0 Å². The molecule has 0 saturated carbocycles. The van der Waals surface area contributed by atoms with Crippen LogP contribution in [0.15, 0.2) is 11.6 Å². The lowest BCUT2D eigenvalue weighted by molar-refractivity contribution is -0.0631. The predicted molar refractivity (Wildman–Crippen MR) is 56.2 cm³/mol. The maximum atomic E-state index is 10.4. The fraction of sp³-hybridized carbons (Fsp3) is 0.833. The monoisotopic (exact) mass is 196 g/mol. The van der Waals surface area contributed by atoms with Crippen LogP contribution in [0.3, 0.4) is 0 Å². The molecule has 0 amide bonds. The quantitative estimate of drug-likeness (QED) is 0.653. The Morgan fingerprint density at radius 1 is 1.21 bits per heavy atom. The van der Waals surface area contributed by atoms with Gasteiger partial charge in [0.05, 0.1) is 6.61 Å². The standard InChI is InChI=1S/C12H20O2/c13-12(8-5-9-14-10-12)11-6-3-1-2-4-7-11/h6,13H,1-5,7-10H2. The second kappa shape index (κ2) is 4.45. The van der Waals surface area contributed by atoms with Crippen LogP contribution in [0.4, 0.5) is 0 Å². The average Bonchev–Trinajstić information content (AvgIpc) is 2.47. The Balaban J connectivity index is 2.06. The van der Waals surface area contributed by atoms with E-state index in [1.54, 1.807) is 0 Å². The van der Waals surface area contributed by atoms with Gasteiger partial charge in [-0.15, -0.1) is 0 Å². The van der Waals surface area contributed by atoms with Crippen LogP contribution in [-0.2, 0) is 4.74 Å². The highest BCUT2D eigenvalue weighted by molar-refractivity contribution is 5.18. The van der Waals surface area contributed by atoms with Crippen molar-refractivity contribution in [3.8, 4) is 0 Å². The van der Waals surface area contributed by atoms with Gasteiger partial charge in [0.1, 0.15) is 5.60 Å². The van der Waals surface area contributed by atoms with E-state index in [2.05, 4.69) is 6.08 Å². The summed E-state index contributed by atoms with van der Waals surface area (Å²) in [6.07, 6.45) is 10.2. The molecular formula is C12H20O2. The summed E-state index contributed by atoms with van der Waals surface area (Å²) in [7, 11) is 0. The van der Waals surface area contributed by atoms with Crippen molar-refractivity contribution in [2.45, 2.75) is 50.5 Å². The first-order valence-corrected chi connectivity index (χ1v) is 5.81. The Morgan fingerprint density at radius 2 is 2.14 bits per heavy atom. The third-order valence-electron chi connectivity index (χ3n) is 3.36. The molecule has 14 heavy (non-hydrogen) atoms. The van der Waals surface area contributed by atoms with Crippen LogP contribution in [0.25, 0.3) is 0 Å². The van der Waals surface area contributed by atoms with Gasteiger partial charge in [-0.05, 0) is 44.1 Å². The van der Waals surface area contributed by atoms with Crippen molar-refractivity contribution in [1.29, 1.82) is 0 Å².